The zero-order chi connectivity index (χ0) is 18.4. The minimum Gasteiger partial charge on any atom is -0.457 e. The maximum absolute atomic E-state index is 12.1. The molecule has 0 saturated carbocycles. The van der Waals surface area contributed by atoms with Crippen LogP contribution in [0.25, 0.3) is 0 Å². The van der Waals surface area contributed by atoms with E-state index in [9.17, 15) is 4.79 Å². The molecule has 3 N–H and O–H groups in total. The molecule has 0 amide bonds. The number of carbonyl (C=O) groups is 1. The molecule has 0 aliphatic heterocycles. The van der Waals surface area contributed by atoms with Gasteiger partial charge in [0.2, 0.25) is 11.9 Å². The van der Waals surface area contributed by atoms with Crippen molar-refractivity contribution in [3.8, 4) is 0 Å². The highest BCUT2D eigenvalue weighted by Gasteiger charge is 2.10. The molecule has 0 bridgehead atoms. The van der Waals surface area contributed by atoms with E-state index in [1.165, 1.54) is 0 Å². The van der Waals surface area contributed by atoms with Gasteiger partial charge in [0.25, 0.3) is 0 Å². The Bertz CT molecular complexity index is 899. The van der Waals surface area contributed by atoms with E-state index in [0.29, 0.717) is 5.95 Å². The monoisotopic (exact) mass is 349 g/mol. The van der Waals surface area contributed by atoms with Crippen molar-refractivity contribution in [1.82, 2.24) is 15.0 Å². The molecular formula is C19H19N5O2. The summed E-state index contributed by atoms with van der Waals surface area (Å²) < 4.78 is 5.27. The highest BCUT2D eigenvalue weighted by atomic mass is 16.5. The first kappa shape index (κ1) is 17.3. The van der Waals surface area contributed by atoms with Gasteiger partial charge in [0, 0.05) is 5.69 Å². The van der Waals surface area contributed by atoms with Gasteiger partial charge in [-0.1, -0.05) is 42.5 Å². The van der Waals surface area contributed by atoms with Crippen LogP contribution >= 0.6 is 0 Å². The third-order valence-electron chi connectivity index (χ3n) is 3.69. The Kier molecular flexibility index (Phi) is 5.38. The number of anilines is 3. The Labute approximate surface area is 151 Å². The molecule has 7 heteroatoms. The second-order valence-corrected chi connectivity index (χ2v) is 5.69. The van der Waals surface area contributed by atoms with Crippen LogP contribution in [0.3, 0.4) is 0 Å². The average Bonchev–Trinajstić information content (AvgIpc) is 2.62. The zero-order valence-electron chi connectivity index (χ0n) is 14.3. The fourth-order valence-corrected chi connectivity index (χ4v) is 2.37. The predicted molar refractivity (Wildman–Crippen MR) is 98.6 cm³/mol. The van der Waals surface area contributed by atoms with Crippen molar-refractivity contribution in [2.45, 2.75) is 20.0 Å². The molecule has 0 spiro atoms. The van der Waals surface area contributed by atoms with Crippen molar-refractivity contribution in [2.75, 3.05) is 11.1 Å². The molecule has 0 radical (unpaired) electrons. The number of ether oxygens (including phenoxy) is 1. The van der Waals surface area contributed by atoms with Gasteiger partial charge in [-0.15, -0.1) is 0 Å². The number of esters is 1. The number of aryl methyl sites for hydroxylation is 1. The minimum absolute atomic E-state index is 0.0587. The number of para-hydroxylation sites is 1. The maximum atomic E-state index is 12.1. The van der Waals surface area contributed by atoms with Gasteiger partial charge in [-0.2, -0.15) is 15.0 Å². The van der Waals surface area contributed by atoms with Gasteiger partial charge in [0.1, 0.15) is 0 Å². The number of nitrogen functional groups attached to an aromatic ring is 1. The summed E-state index contributed by atoms with van der Waals surface area (Å²) in [7, 11) is 0. The third-order valence-corrected chi connectivity index (χ3v) is 3.69. The van der Waals surface area contributed by atoms with Gasteiger partial charge in [0.15, 0.2) is 12.4 Å². The number of nitrogens with one attached hydrogen (secondary N) is 1. The molecule has 1 heterocycles. The van der Waals surface area contributed by atoms with Crippen LogP contribution in [0.4, 0.5) is 17.6 Å². The average molecular weight is 349 g/mol. The summed E-state index contributed by atoms with van der Waals surface area (Å²) in [6.45, 7) is 1.89. The fourth-order valence-electron chi connectivity index (χ4n) is 2.37. The highest BCUT2D eigenvalue weighted by Crippen LogP contribution is 2.13. The zero-order valence-corrected chi connectivity index (χ0v) is 14.3. The van der Waals surface area contributed by atoms with Crippen molar-refractivity contribution in [3.63, 3.8) is 0 Å². The molecule has 7 nitrogen and oxygen atoms in total. The van der Waals surface area contributed by atoms with Gasteiger partial charge in [-0.05, 0) is 30.2 Å². The van der Waals surface area contributed by atoms with Crippen molar-refractivity contribution in [1.29, 1.82) is 0 Å². The standard InChI is InChI=1S/C19H19N5O2/c1-13-7-5-6-8-14(13)11-17(25)26-12-16-22-18(20)24-19(23-16)21-15-9-3-2-4-10-15/h2-10H,11-12H2,1H3,(H3,20,21,22,23,24). The molecule has 0 aliphatic carbocycles. The summed E-state index contributed by atoms with van der Waals surface area (Å²) in [4.78, 5) is 24.3. The maximum Gasteiger partial charge on any atom is 0.310 e. The van der Waals surface area contributed by atoms with Crippen molar-refractivity contribution < 1.29 is 9.53 Å². The molecule has 0 unspecified atom stereocenters. The van der Waals surface area contributed by atoms with E-state index in [4.69, 9.17) is 10.5 Å². The van der Waals surface area contributed by atoms with E-state index in [0.717, 1.165) is 16.8 Å². The summed E-state index contributed by atoms with van der Waals surface area (Å²) in [5.74, 6) is 0.293. The molecule has 3 aromatic rings. The van der Waals surface area contributed by atoms with E-state index in [1.54, 1.807) is 0 Å². The van der Waals surface area contributed by atoms with E-state index < -0.39 is 0 Å². The van der Waals surface area contributed by atoms with Crippen LogP contribution in [0.5, 0.6) is 0 Å². The summed E-state index contributed by atoms with van der Waals surface area (Å²) in [5, 5.41) is 3.04. The lowest BCUT2D eigenvalue weighted by molar-refractivity contribution is -0.144. The first-order valence-corrected chi connectivity index (χ1v) is 8.13. The Hall–Kier alpha value is -3.48. The molecule has 26 heavy (non-hydrogen) atoms. The van der Waals surface area contributed by atoms with Crippen molar-refractivity contribution in [2.24, 2.45) is 0 Å². The van der Waals surface area contributed by atoms with Crippen molar-refractivity contribution >= 4 is 23.6 Å². The molecule has 2 aromatic carbocycles. The first-order valence-electron chi connectivity index (χ1n) is 8.13. The number of nitrogens with zero attached hydrogens (tertiary/aromatic N) is 3. The number of benzene rings is 2. The van der Waals surface area contributed by atoms with Gasteiger partial charge >= 0.3 is 5.97 Å². The minimum atomic E-state index is -0.351. The second kappa shape index (κ2) is 8.06. The normalized spacial score (nSPS) is 10.3. The molecule has 0 saturated heterocycles. The van der Waals surface area contributed by atoms with Crippen LogP contribution in [0, 0.1) is 6.92 Å². The smallest absolute Gasteiger partial charge is 0.310 e. The molecule has 0 aliphatic rings. The quantitative estimate of drug-likeness (QED) is 0.660. The summed E-state index contributed by atoms with van der Waals surface area (Å²) in [6.07, 6.45) is 0.197. The lowest BCUT2D eigenvalue weighted by Gasteiger charge is -2.08. The summed E-state index contributed by atoms with van der Waals surface area (Å²) in [5.41, 5.74) is 8.51. The largest absolute Gasteiger partial charge is 0.457 e. The van der Waals surface area contributed by atoms with E-state index >= 15 is 0 Å². The molecule has 132 valence electrons. The number of nitrogens with two attached hydrogens (primary N) is 1. The van der Waals surface area contributed by atoms with E-state index in [1.807, 2.05) is 61.5 Å². The van der Waals surface area contributed by atoms with E-state index in [2.05, 4.69) is 20.3 Å². The fraction of sp³-hybridized carbons (Fsp3) is 0.158. The number of aromatic nitrogens is 3. The predicted octanol–water partition coefficient (Wildman–Crippen LogP) is 2.79. The molecule has 0 fully saturated rings. The van der Waals surface area contributed by atoms with Crippen LogP contribution in [-0.2, 0) is 22.6 Å². The lowest BCUT2D eigenvalue weighted by Crippen LogP contribution is -2.12. The molecular weight excluding hydrogens is 330 g/mol. The van der Waals surface area contributed by atoms with Crippen LogP contribution in [0.15, 0.2) is 54.6 Å². The van der Waals surface area contributed by atoms with Gasteiger partial charge in [-0.3, -0.25) is 4.79 Å². The topological polar surface area (TPSA) is 103 Å². The van der Waals surface area contributed by atoms with Crippen LogP contribution in [0.1, 0.15) is 17.0 Å². The van der Waals surface area contributed by atoms with Crippen molar-refractivity contribution in [3.05, 3.63) is 71.5 Å². The van der Waals surface area contributed by atoms with Gasteiger partial charge < -0.3 is 15.8 Å². The number of hydrogen-bond acceptors (Lipinski definition) is 7. The second-order valence-electron chi connectivity index (χ2n) is 5.69. The Morgan fingerprint density at radius 3 is 2.54 bits per heavy atom. The molecule has 3 rings (SSSR count). The lowest BCUT2D eigenvalue weighted by atomic mass is 10.1. The highest BCUT2D eigenvalue weighted by molar-refractivity contribution is 5.73. The van der Waals surface area contributed by atoms with Crippen LogP contribution in [-0.4, -0.2) is 20.9 Å². The molecule has 0 atom stereocenters. The van der Waals surface area contributed by atoms with Gasteiger partial charge in [-0.25, -0.2) is 0 Å². The Morgan fingerprint density at radius 1 is 1.04 bits per heavy atom. The summed E-state index contributed by atoms with van der Waals surface area (Å²) >= 11 is 0. The van der Waals surface area contributed by atoms with E-state index in [-0.39, 0.29) is 30.8 Å². The summed E-state index contributed by atoms with van der Waals surface area (Å²) in [6, 6.07) is 17.1. The Morgan fingerprint density at radius 2 is 1.77 bits per heavy atom. The SMILES string of the molecule is Cc1ccccc1CC(=O)OCc1nc(N)nc(Nc2ccccc2)n1. The number of rotatable bonds is 6. The number of carbonyl (C=O) groups excluding carboxylic acids is 1. The van der Waals surface area contributed by atoms with Crippen LogP contribution < -0.4 is 11.1 Å². The van der Waals surface area contributed by atoms with Gasteiger partial charge in [0.05, 0.1) is 6.42 Å². The first-order chi connectivity index (χ1) is 12.6. The van der Waals surface area contributed by atoms with Crippen LogP contribution in [0.2, 0.25) is 0 Å². The third kappa shape index (κ3) is 4.76. The molecule has 1 aromatic heterocycles. The number of hydrogen-bond donors (Lipinski definition) is 2. The Balaban J connectivity index is 1.62.